The van der Waals surface area contributed by atoms with E-state index in [1.54, 1.807) is 0 Å². The summed E-state index contributed by atoms with van der Waals surface area (Å²) in [6, 6.07) is 10.1. The van der Waals surface area contributed by atoms with Gasteiger partial charge in [-0.15, -0.1) is 0 Å². The molecule has 0 spiro atoms. The van der Waals surface area contributed by atoms with Crippen LogP contribution in [0.2, 0.25) is 0 Å². The summed E-state index contributed by atoms with van der Waals surface area (Å²) in [5.74, 6) is 5.72. The number of nitrogens with zero attached hydrogens (tertiary/aromatic N) is 2. The predicted octanol–water partition coefficient (Wildman–Crippen LogP) is 2.61. The molecule has 0 fully saturated rings. The topological polar surface area (TPSA) is 55.9 Å². The lowest BCUT2D eigenvalue weighted by atomic mass is 10.0. The molecule has 0 bridgehead atoms. The van der Waals surface area contributed by atoms with Gasteiger partial charge in [0.25, 0.3) is 0 Å². The molecule has 5 heteroatoms. The molecule has 1 aromatic heterocycles. The number of aromatic nitrogens is 2. The smallest absolute Gasteiger partial charge is 0.0889 e. The van der Waals surface area contributed by atoms with Crippen LogP contribution >= 0.6 is 15.9 Å². The average molecular weight is 309 g/mol. The third-order valence-corrected chi connectivity index (χ3v) is 3.45. The molecule has 1 atom stereocenters. The Morgan fingerprint density at radius 1 is 1.39 bits per heavy atom. The zero-order valence-electron chi connectivity index (χ0n) is 10.3. The summed E-state index contributed by atoms with van der Waals surface area (Å²) in [6.07, 6.45) is 2.85. The van der Waals surface area contributed by atoms with Crippen molar-refractivity contribution < 1.29 is 0 Å². The second-order valence-electron chi connectivity index (χ2n) is 4.11. The summed E-state index contributed by atoms with van der Waals surface area (Å²) in [5, 5.41) is 4.37. The minimum atomic E-state index is -0.0605. The van der Waals surface area contributed by atoms with Crippen LogP contribution in [0, 0.1) is 0 Å². The van der Waals surface area contributed by atoms with Gasteiger partial charge in [-0.25, -0.2) is 5.43 Å². The number of rotatable bonds is 5. The van der Waals surface area contributed by atoms with Gasteiger partial charge in [-0.2, -0.15) is 5.10 Å². The lowest BCUT2D eigenvalue weighted by molar-refractivity contribution is 0.519. The molecule has 0 aliphatic rings. The van der Waals surface area contributed by atoms with Gasteiger partial charge in [-0.05, 0) is 27.9 Å². The fourth-order valence-corrected chi connectivity index (χ4v) is 2.55. The van der Waals surface area contributed by atoms with Gasteiger partial charge in [0.1, 0.15) is 0 Å². The monoisotopic (exact) mass is 308 g/mol. The second-order valence-corrected chi connectivity index (χ2v) is 4.97. The van der Waals surface area contributed by atoms with E-state index in [9.17, 15) is 0 Å². The first kappa shape index (κ1) is 13.3. The number of hydrogen-bond acceptors (Lipinski definition) is 3. The number of halogens is 1. The van der Waals surface area contributed by atoms with Crippen LogP contribution < -0.4 is 11.3 Å². The van der Waals surface area contributed by atoms with Gasteiger partial charge in [0.05, 0.1) is 22.4 Å². The number of aryl methyl sites for hydroxylation is 1. The van der Waals surface area contributed by atoms with Crippen LogP contribution in [0.1, 0.15) is 30.6 Å². The van der Waals surface area contributed by atoms with E-state index in [0.717, 1.165) is 28.7 Å². The summed E-state index contributed by atoms with van der Waals surface area (Å²) < 4.78 is 2.96. The summed E-state index contributed by atoms with van der Waals surface area (Å²) in [4.78, 5) is 0. The van der Waals surface area contributed by atoms with Crippen LogP contribution in [0.4, 0.5) is 0 Å². The van der Waals surface area contributed by atoms with Gasteiger partial charge in [-0.3, -0.25) is 10.5 Å². The molecule has 1 aromatic carbocycles. The molecular formula is C13H17BrN4. The average Bonchev–Trinajstić information content (AvgIpc) is 2.75. The second kappa shape index (κ2) is 6.13. The third kappa shape index (κ3) is 2.63. The molecule has 0 saturated heterocycles. The summed E-state index contributed by atoms with van der Waals surface area (Å²) >= 11 is 3.55. The summed E-state index contributed by atoms with van der Waals surface area (Å²) in [5.41, 5.74) is 5.05. The SMILES string of the molecule is CCCn1ncc(Br)c1C(NN)c1ccccc1. The van der Waals surface area contributed by atoms with Crippen molar-refractivity contribution in [1.29, 1.82) is 0 Å². The molecule has 96 valence electrons. The third-order valence-electron chi connectivity index (χ3n) is 2.84. The Morgan fingerprint density at radius 3 is 2.72 bits per heavy atom. The first-order valence-corrected chi connectivity index (χ1v) is 6.79. The zero-order chi connectivity index (χ0) is 13.0. The summed E-state index contributed by atoms with van der Waals surface area (Å²) in [7, 11) is 0. The Labute approximate surface area is 115 Å². The van der Waals surface area contributed by atoms with Crippen molar-refractivity contribution in [3.05, 3.63) is 52.3 Å². The van der Waals surface area contributed by atoms with E-state index in [2.05, 4.69) is 45.5 Å². The van der Waals surface area contributed by atoms with Crippen molar-refractivity contribution in [3.8, 4) is 0 Å². The maximum Gasteiger partial charge on any atom is 0.0889 e. The highest BCUT2D eigenvalue weighted by Crippen LogP contribution is 2.28. The molecule has 3 N–H and O–H groups in total. The molecule has 2 rings (SSSR count). The molecular weight excluding hydrogens is 292 g/mol. The Hall–Kier alpha value is -1.17. The minimum Gasteiger partial charge on any atom is -0.271 e. The van der Waals surface area contributed by atoms with Crippen LogP contribution in [0.5, 0.6) is 0 Å². The standard InChI is InChI=1S/C13H17BrN4/c1-2-8-18-13(11(14)9-16-18)12(17-15)10-6-4-3-5-7-10/h3-7,9,12,17H,2,8,15H2,1H3. The van der Waals surface area contributed by atoms with Crippen molar-refractivity contribution in [3.63, 3.8) is 0 Å². The normalized spacial score (nSPS) is 12.6. The summed E-state index contributed by atoms with van der Waals surface area (Å²) in [6.45, 7) is 3.01. The van der Waals surface area contributed by atoms with Crippen LogP contribution in [-0.4, -0.2) is 9.78 Å². The van der Waals surface area contributed by atoms with E-state index in [1.165, 1.54) is 0 Å². The predicted molar refractivity (Wildman–Crippen MR) is 75.8 cm³/mol. The van der Waals surface area contributed by atoms with Crippen molar-refractivity contribution in [2.45, 2.75) is 25.9 Å². The Kier molecular flexibility index (Phi) is 4.52. The van der Waals surface area contributed by atoms with Crippen molar-refractivity contribution in [2.75, 3.05) is 0 Å². The molecule has 4 nitrogen and oxygen atoms in total. The molecule has 0 aliphatic heterocycles. The van der Waals surface area contributed by atoms with E-state index in [-0.39, 0.29) is 6.04 Å². The lowest BCUT2D eigenvalue weighted by Crippen LogP contribution is -2.31. The van der Waals surface area contributed by atoms with E-state index in [0.29, 0.717) is 0 Å². The highest BCUT2D eigenvalue weighted by atomic mass is 79.9. The number of nitrogens with two attached hydrogens (primary N) is 1. The highest BCUT2D eigenvalue weighted by molar-refractivity contribution is 9.10. The van der Waals surface area contributed by atoms with Gasteiger partial charge in [0.2, 0.25) is 0 Å². The lowest BCUT2D eigenvalue weighted by Gasteiger charge is -2.18. The highest BCUT2D eigenvalue weighted by Gasteiger charge is 2.20. The molecule has 0 aliphatic carbocycles. The fourth-order valence-electron chi connectivity index (χ4n) is 2.03. The Balaban J connectivity index is 2.41. The molecule has 0 amide bonds. The number of benzene rings is 1. The van der Waals surface area contributed by atoms with Gasteiger partial charge in [-0.1, -0.05) is 37.3 Å². The van der Waals surface area contributed by atoms with Crippen molar-refractivity contribution >= 4 is 15.9 Å². The number of hydrogen-bond donors (Lipinski definition) is 2. The van der Waals surface area contributed by atoms with Crippen molar-refractivity contribution in [1.82, 2.24) is 15.2 Å². The molecule has 18 heavy (non-hydrogen) atoms. The molecule has 1 heterocycles. The van der Waals surface area contributed by atoms with Crippen LogP contribution in [0.25, 0.3) is 0 Å². The molecule has 0 radical (unpaired) electrons. The largest absolute Gasteiger partial charge is 0.271 e. The first-order chi connectivity index (χ1) is 8.77. The number of nitrogens with one attached hydrogen (secondary N) is 1. The molecule has 0 saturated carbocycles. The number of hydrazine groups is 1. The Bertz CT molecular complexity index is 495. The fraction of sp³-hybridized carbons (Fsp3) is 0.308. The van der Waals surface area contributed by atoms with Gasteiger partial charge in [0.15, 0.2) is 0 Å². The molecule has 2 aromatic rings. The van der Waals surface area contributed by atoms with Crippen LogP contribution in [0.15, 0.2) is 41.0 Å². The first-order valence-electron chi connectivity index (χ1n) is 6.00. The molecule has 1 unspecified atom stereocenters. The zero-order valence-corrected chi connectivity index (χ0v) is 11.9. The van der Waals surface area contributed by atoms with Crippen LogP contribution in [-0.2, 0) is 6.54 Å². The quantitative estimate of drug-likeness (QED) is 0.659. The van der Waals surface area contributed by atoms with E-state index in [4.69, 9.17) is 5.84 Å². The van der Waals surface area contributed by atoms with E-state index >= 15 is 0 Å². The van der Waals surface area contributed by atoms with Gasteiger partial charge < -0.3 is 0 Å². The van der Waals surface area contributed by atoms with Gasteiger partial charge in [0, 0.05) is 6.54 Å². The Morgan fingerprint density at radius 2 is 2.11 bits per heavy atom. The van der Waals surface area contributed by atoms with Crippen LogP contribution in [0.3, 0.4) is 0 Å². The minimum absolute atomic E-state index is 0.0605. The maximum atomic E-state index is 5.72. The van der Waals surface area contributed by atoms with E-state index in [1.807, 2.05) is 29.1 Å². The van der Waals surface area contributed by atoms with Gasteiger partial charge >= 0.3 is 0 Å². The maximum absolute atomic E-state index is 5.72. The van der Waals surface area contributed by atoms with E-state index < -0.39 is 0 Å². The van der Waals surface area contributed by atoms with Crippen molar-refractivity contribution in [2.24, 2.45) is 5.84 Å².